The van der Waals surface area contributed by atoms with E-state index in [0.717, 1.165) is 6.07 Å². The van der Waals surface area contributed by atoms with Crippen molar-refractivity contribution in [1.29, 1.82) is 0 Å². The molecule has 0 aliphatic carbocycles. The molecule has 2 heterocycles. The topological polar surface area (TPSA) is 43.1 Å². The number of benzene rings is 1. The third-order valence-corrected chi connectivity index (χ3v) is 2.96. The molecule has 4 nitrogen and oxygen atoms in total. The van der Waals surface area contributed by atoms with Gasteiger partial charge in [0.25, 0.3) is 0 Å². The van der Waals surface area contributed by atoms with Gasteiger partial charge in [-0.05, 0) is 30.3 Å². The molecular formula is C12H5ClF4N4. The molecule has 0 bridgehead atoms. The van der Waals surface area contributed by atoms with E-state index in [2.05, 4.69) is 15.3 Å². The SMILES string of the molecule is Fc1ccc(-c2nnc3ccc(Cl)nn23)cc1C(F)(F)F. The van der Waals surface area contributed by atoms with Gasteiger partial charge in [0.15, 0.2) is 11.5 Å². The third-order valence-electron chi connectivity index (χ3n) is 2.76. The first kappa shape index (κ1) is 13.7. The molecule has 2 aromatic heterocycles. The van der Waals surface area contributed by atoms with Crippen molar-refractivity contribution in [2.75, 3.05) is 0 Å². The number of alkyl halides is 3. The van der Waals surface area contributed by atoms with E-state index in [1.165, 1.54) is 22.7 Å². The predicted molar refractivity (Wildman–Crippen MR) is 66.2 cm³/mol. The molecule has 0 amide bonds. The minimum absolute atomic E-state index is 0.0333. The van der Waals surface area contributed by atoms with Crippen LogP contribution in [0.3, 0.4) is 0 Å². The maximum Gasteiger partial charge on any atom is 0.419 e. The van der Waals surface area contributed by atoms with Crippen LogP contribution in [0.2, 0.25) is 5.15 Å². The molecule has 21 heavy (non-hydrogen) atoms. The molecule has 0 atom stereocenters. The lowest BCUT2D eigenvalue weighted by molar-refractivity contribution is -0.139. The van der Waals surface area contributed by atoms with Crippen LogP contribution in [0.25, 0.3) is 17.0 Å². The zero-order valence-corrected chi connectivity index (χ0v) is 10.8. The van der Waals surface area contributed by atoms with E-state index in [4.69, 9.17) is 11.6 Å². The van der Waals surface area contributed by atoms with Gasteiger partial charge in [-0.25, -0.2) is 4.39 Å². The van der Waals surface area contributed by atoms with Crippen molar-refractivity contribution in [2.24, 2.45) is 0 Å². The smallest absolute Gasteiger partial charge is 0.206 e. The van der Waals surface area contributed by atoms with E-state index in [1.807, 2.05) is 0 Å². The van der Waals surface area contributed by atoms with Gasteiger partial charge in [0, 0.05) is 5.56 Å². The highest BCUT2D eigenvalue weighted by molar-refractivity contribution is 6.29. The van der Waals surface area contributed by atoms with Crippen LogP contribution >= 0.6 is 11.6 Å². The third kappa shape index (κ3) is 2.42. The van der Waals surface area contributed by atoms with E-state index in [9.17, 15) is 17.6 Å². The molecule has 0 spiro atoms. The Morgan fingerprint density at radius 2 is 1.81 bits per heavy atom. The molecular weight excluding hydrogens is 312 g/mol. The molecule has 1 aromatic carbocycles. The normalized spacial score (nSPS) is 12.0. The van der Waals surface area contributed by atoms with Gasteiger partial charge in [-0.2, -0.15) is 22.8 Å². The lowest BCUT2D eigenvalue weighted by Gasteiger charge is -2.09. The summed E-state index contributed by atoms with van der Waals surface area (Å²) < 4.78 is 52.7. The highest BCUT2D eigenvalue weighted by atomic mass is 35.5. The molecule has 0 aliphatic rings. The van der Waals surface area contributed by atoms with Crippen molar-refractivity contribution in [3.05, 3.63) is 46.9 Å². The minimum Gasteiger partial charge on any atom is -0.206 e. The average molecular weight is 317 g/mol. The van der Waals surface area contributed by atoms with Crippen LogP contribution in [0, 0.1) is 5.82 Å². The fourth-order valence-corrected chi connectivity index (χ4v) is 1.97. The summed E-state index contributed by atoms with van der Waals surface area (Å²) in [6.45, 7) is 0. The predicted octanol–water partition coefficient (Wildman–Crippen LogP) is 3.60. The number of hydrogen-bond donors (Lipinski definition) is 0. The first-order valence-corrected chi connectivity index (χ1v) is 5.99. The van der Waals surface area contributed by atoms with Crippen LogP contribution in [0.1, 0.15) is 5.56 Å². The maximum absolute atomic E-state index is 13.3. The van der Waals surface area contributed by atoms with Crippen LogP contribution in [-0.4, -0.2) is 19.8 Å². The number of fused-ring (bicyclic) bond motifs is 1. The second-order valence-corrected chi connectivity index (χ2v) is 4.53. The van der Waals surface area contributed by atoms with Crippen molar-refractivity contribution >= 4 is 17.2 Å². The fourth-order valence-electron chi connectivity index (χ4n) is 1.83. The summed E-state index contributed by atoms with van der Waals surface area (Å²) >= 11 is 5.74. The molecule has 108 valence electrons. The van der Waals surface area contributed by atoms with Crippen molar-refractivity contribution in [3.8, 4) is 11.4 Å². The number of rotatable bonds is 1. The van der Waals surface area contributed by atoms with Gasteiger partial charge < -0.3 is 0 Å². The van der Waals surface area contributed by atoms with Crippen molar-refractivity contribution in [1.82, 2.24) is 19.8 Å². The molecule has 0 saturated carbocycles. The standard InChI is InChI=1S/C12H5ClF4N4/c13-9-3-4-10-18-19-11(21(10)20-9)6-1-2-8(14)7(5-6)12(15,16)17/h1-5H. The number of nitrogens with zero attached hydrogens (tertiary/aromatic N) is 4. The first-order chi connectivity index (χ1) is 9.86. The van der Waals surface area contributed by atoms with Gasteiger partial charge >= 0.3 is 6.18 Å². The van der Waals surface area contributed by atoms with E-state index in [-0.39, 0.29) is 16.5 Å². The average Bonchev–Trinajstić information content (AvgIpc) is 2.81. The first-order valence-electron chi connectivity index (χ1n) is 5.61. The van der Waals surface area contributed by atoms with Crippen molar-refractivity contribution in [3.63, 3.8) is 0 Å². The van der Waals surface area contributed by atoms with Gasteiger partial charge in [-0.3, -0.25) is 0 Å². The maximum atomic E-state index is 13.3. The van der Waals surface area contributed by atoms with E-state index < -0.39 is 17.6 Å². The quantitative estimate of drug-likeness (QED) is 0.644. The summed E-state index contributed by atoms with van der Waals surface area (Å²) in [7, 11) is 0. The molecule has 0 radical (unpaired) electrons. The highest BCUT2D eigenvalue weighted by Gasteiger charge is 2.34. The Labute approximate surface area is 120 Å². The van der Waals surface area contributed by atoms with Crippen LogP contribution in [0.15, 0.2) is 30.3 Å². The monoisotopic (exact) mass is 316 g/mol. The molecule has 3 aromatic rings. The number of aromatic nitrogens is 4. The summed E-state index contributed by atoms with van der Waals surface area (Å²) in [6.07, 6.45) is -4.80. The summed E-state index contributed by atoms with van der Waals surface area (Å²) in [4.78, 5) is 0. The van der Waals surface area contributed by atoms with Gasteiger partial charge in [0.1, 0.15) is 11.0 Å². The summed E-state index contributed by atoms with van der Waals surface area (Å²) in [6, 6.07) is 5.54. The van der Waals surface area contributed by atoms with Crippen LogP contribution in [-0.2, 0) is 6.18 Å². The van der Waals surface area contributed by atoms with Crippen LogP contribution < -0.4 is 0 Å². The second kappa shape index (κ2) is 4.66. The largest absolute Gasteiger partial charge is 0.419 e. The van der Waals surface area contributed by atoms with Gasteiger partial charge in [0.2, 0.25) is 0 Å². The number of hydrogen-bond acceptors (Lipinski definition) is 3. The lowest BCUT2D eigenvalue weighted by atomic mass is 10.1. The molecule has 0 N–H and O–H groups in total. The Hall–Kier alpha value is -2.22. The van der Waals surface area contributed by atoms with E-state index in [1.54, 1.807) is 0 Å². The van der Waals surface area contributed by atoms with Gasteiger partial charge in [0.05, 0.1) is 5.56 Å². The van der Waals surface area contributed by atoms with Crippen LogP contribution in [0.5, 0.6) is 0 Å². The Morgan fingerprint density at radius 1 is 1.05 bits per heavy atom. The molecule has 0 saturated heterocycles. The van der Waals surface area contributed by atoms with Gasteiger partial charge in [-0.1, -0.05) is 11.6 Å². The minimum atomic E-state index is -4.80. The zero-order valence-electron chi connectivity index (χ0n) is 10.1. The van der Waals surface area contributed by atoms with Crippen LogP contribution in [0.4, 0.5) is 17.6 Å². The van der Waals surface area contributed by atoms with Crippen molar-refractivity contribution in [2.45, 2.75) is 6.18 Å². The zero-order chi connectivity index (χ0) is 15.2. The van der Waals surface area contributed by atoms with E-state index in [0.29, 0.717) is 11.7 Å². The van der Waals surface area contributed by atoms with E-state index >= 15 is 0 Å². The Morgan fingerprint density at radius 3 is 2.52 bits per heavy atom. The molecule has 0 unspecified atom stereocenters. The summed E-state index contributed by atoms with van der Waals surface area (Å²) in [5.74, 6) is -1.32. The second-order valence-electron chi connectivity index (χ2n) is 4.14. The summed E-state index contributed by atoms with van der Waals surface area (Å²) in [5, 5.41) is 11.6. The lowest BCUT2D eigenvalue weighted by Crippen LogP contribution is -2.08. The Bertz CT molecular complexity index is 828. The fraction of sp³-hybridized carbons (Fsp3) is 0.0833. The molecule has 9 heteroatoms. The van der Waals surface area contributed by atoms with Gasteiger partial charge in [-0.15, -0.1) is 10.2 Å². The molecule has 0 aliphatic heterocycles. The highest BCUT2D eigenvalue weighted by Crippen LogP contribution is 2.33. The number of halogens is 5. The van der Waals surface area contributed by atoms with Crippen molar-refractivity contribution < 1.29 is 17.6 Å². The molecule has 3 rings (SSSR count). The molecule has 0 fully saturated rings. The Kier molecular flexibility index (Phi) is 3.05. The Balaban J connectivity index is 2.21. The summed E-state index contributed by atoms with van der Waals surface area (Å²) in [5.41, 5.74) is -1.03.